The topological polar surface area (TPSA) is 59.1 Å². The van der Waals surface area contributed by atoms with Gasteiger partial charge in [0.25, 0.3) is 0 Å². The number of benzene rings is 2. The van der Waals surface area contributed by atoms with Crippen LogP contribution in [-0.2, 0) is 16.4 Å². The number of ether oxygens (including phenoxy) is 2. The zero-order chi connectivity index (χ0) is 20.1. The zero-order valence-electron chi connectivity index (χ0n) is 16.7. The third-order valence-electron chi connectivity index (χ3n) is 5.25. The van der Waals surface area contributed by atoms with Crippen LogP contribution in [0.5, 0.6) is 11.5 Å². The first-order chi connectivity index (χ1) is 13.5. The summed E-state index contributed by atoms with van der Waals surface area (Å²) in [6.45, 7) is 4.62. The lowest BCUT2D eigenvalue weighted by Crippen LogP contribution is -2.53. The summed E-state index contributed by atoms with van der Waals surface area (Å²) < 4.78 is 38.5. The van der Waals surface area contributed by atoms with Gasteiger partial charge in [-0.2, -0.15) is 4.31 Å². The number of methoxy groups -OCH3 is 2. The Kier molecular flexibility index (Phi) is 6.59. The molecule has 1 aliphatic heterocycles. The molecule has 0 amide bonds. The number of hydrogen-bond donors (Lipinski definition) is 0. The molecule has 3 rings (SSSR count). The first kappa shape index (κ1) is 20.6. The summed E-state index contributed by atoms with van der Waals surface area (Å²) in [4.78, 5) is 2.50. The number of nitrogens with zero attached hydrogens (tertiary/aromatic N) is 2. The highest BCUT2D eigenvalue weighted by Gasteiger charge is 2.34. The summed E-state index contributed by atoms with van der Waals surface area (Å²) in [5.74, 6) is 0.828. The summed E-state index contributed by atoms with van der Waals surface area (Å²) in [7, 11) is -0.662. The van der Waals surface area contributed by atoms with E-state index in [4.69, 9.17) is 9.47 Å². The SMILES string of the molecule is COc1ccc(OC)c(S(=O)(=O)N2CCN(CCc3ccccc3)C(C)C2)c1. The number of hydrogen-bond acceptors (Lipinski definition) is 5. The van der Waals surface area contributed by atoms with E-state index >= 15 is 0 Å². The van der Waals surface area contributed by atoms with Crippen molar-refractivity contribution in [3.8, 4) is 11.5 Å². The monoisotopic (exact) mass is 404 g/mol. The molecule has 1 heterocycles. The smallest absolute Gasteiger partial charge is 0.246 e. The van der Waals surface area contributed by atoms with E-state index in [0.29, 0.717) is 31.1 Å². The summed E-state index contributed by atoms with van der Waals surface area (Å²) in [5, 5.41) is 0. The van der Waals surface area contributed by atoms with Crippen molar-refractivity contribution in [3.63, 3.8) is 0 Å². The molecule has 0 aromatic heterocycles. The first-order valence-corrected chi connectivity index (χ1v) is 10.9. The minimum atomic E-state index is -3.66. The Balaban J connectivity index is 1.70. The van der Waals surface area contributed by atoms with Gasteiger partial charge >= 0.3 is 0 Å². The quantitative estimate of drug-likeness (QED) is 0.710. The summed E-state index contributed by atoms with van der Waals surface area (Å²) in [5.41, 5.74) is 1.30. The Morgan fingerprint density at radius 2 is 1.79 bits per heavy atom. The van der Waals surface area contributed by atoms with E-state index in [1.54, 1.807) is 16.4 Å². The molecule has 6 nitrogen and oxygen atoms in total. The van der Waals surface area contributed by atoms with E-state index in [1.165, 1.54) is 25.8 Å². The molecule has 1 fully saturated rings. The van der Waals surface area contributed by atoms with Crippen LogP contribution in [0.2, 0.25) is 0 Å². The van der Waals surface area contributed by atoms with Crippen LogP contribution in [0.15, 0.2) is 53.4 Å². The Hall–Kier alpha value is -2.09. The molecule has 1 unspecified atom stereocenters. The van der Waals surface area contributed by atoms with Gasteiger partial charge in [-0.3, -0.25) is 4.90 Å². The fourth-order valence-corrected chi connectivity index (χ4v) is 5.24. The van der Waals surface area contributed by atoms with Crippen molar-refractivity contribution >= 4 is 10.0 Å². The van der Waals surface area contributed by atoms with Crippen molar-refractivity contribution in [2.45, 2.75) is 24.3 Å². The second kappa shape index (κ2) is 8.94. The molecule has 0 radical (unpaired) electrons. The highest BCUT2D eigenvalue weighted by atomic mass is 32.2. The molecule has 1 aliphatic rings. The Bertz CT molecular complexity index is 887. The molecule has 0 spiro atoms. The summed E-state index contributed by atoms with van der Waals surface area (Å²) in [6.07, 6.45) is 0.960. The molecule has 0 aliphatic carbocycles. The van der Waals surface area contributed by atoms with E-state index in [0.717, 1.165) is 13.0 Å². The maximum absolute atomic E-state index is 13.2. The minimum Gasteiger partial charge on any atom is -0.497 e. The predicted molar refractivity (Wildman–Crippen MR) is 109 cm³/mol. The lowest BCUT2D eigenvalue weighted by molar-refractivity contribution is 0.130. The van der Waals surface area contributed by atoms with E-state index in [-0.39, 0.29) is 10.9 Å². The fourth-order valence-electron chi connectivity index (χ4n) is 3.55. The fraction of sp³-hybridized carbons (Fsp3) is 0.429. The van der Waals surface area contributed by atoms with Crippen LogP contribution in [0.25, 0.3) is 0 Å². The third-order valence-corrected chi connectivity index (χ3v) is 7.13. The summed E-state index contributed by atoms with van der Waals surface area (Å²) in [6, 6.07) is 15.4. The highest BCUT2D eigenvalue weighted by molar-refractivity contribution is 7.89. The van der Waals surface area contributed by atoms with Gasteiger partial charge in [-0.05, 0) is 31.0 Å². The molecule has 1 saturated heterocycles. The Labute approximate surface area is 167 Å². The van der Waals surface area contributed by atoms with E-state index in [1.807, 2.05) is 18.2 Å². The predicted octanol–water partition coefficient (Wildman–Crippen LogP) is 2.64. The van der Waals surface area contributed by atoms with Crippen LogP contribution in [0.1, 0.15) is 12.5 Å². The molecule has 28 heavy (non-hydrogen) atoms. The highest BCUT2D eigenvalue weighted by Crippen LogP contribution is 2.31. The van der Waals surface area contributed by atoms with Crippen molar-refractivity contribution in [2.24, 2.45) is 0 Å². The van der Waals surface area contributed by atoms with E-state index in [2.05, 4.69) is 24.0 Å². The second-order valence-electron chi connectivity index (χ2n) is 7.00. The molecule has 2 aromatic rings. The van der Waals surface area contributed by atoms with Crippen molar-refractivity contribution in [3.05, 3.63) is 54.1 Å². The maximum Gasteiger partial charge on any atom is 0.246 e. The van der Waals surface area contributed by atoms with Crippen molar-refractivity contribution in [2.75, 3.05) is 40.4 Å². The van der Waals surface area contributed by atoms with Gasteiger partial charge in [0.1, 0.15) is 16.4 Å². The molecule has 1 atom stereocenters. The number of rotatable bonds is 7. The normalized spacial score (nSPS) is 18.8. The molecule has 0 bridgehead atoms. The van der Waals surface area contributed by atoms with Crippen molar-refractivity contribution in [1.82, 2.24) is 9.21 Å². The molecule has 2 aromatic carbocycles. The van der Waals surface area contributed by atoms with Gasteiger partial charge in [-0.1, -0.05) is 30.3 Å². The number of sulfonamides is 1. The van der Waals surface area contributed by atoms with Crippen LogP contribution in [0, 0.1) is 0 Å². The van der Waals surface area contributed by atoms with Gasteiger partial charge in [0.15, 0.2) is 0 Å². The second-order valence-corrected chi connectivity index (χ2v) is 8.91. The molecular formula is C21H28N2O4S. The lowest BCUT2D eigenvalue weighted by Gasteiger charge is -2.39. The average molecular weight is 405 g/mol. The van der Waals surface area contributed by atoms with Gasteiger partial charge in [-0.15, -0.1) is 0 Å². The standard InChI is InChI=1S/C21H28N2O4S/c1-17-16-23(14-13-22(17)12-11-18-7-5-4-6-8-18)28(24,25)21-15-19(26-2)9-10-20(21)27-3/h4-10,15,17H,11-14,16H2,1-3H3. The molecule has 7 heteroatoms. The van der Waals surface area contributed by atoms with Crippen molar-refractivity contribution < 1.29 is 17.9 Å². The Morgan fingerprint density at radius 1 is 1.04 bits per heavy atom. The average Bonchev–Trinajstić information content (AvgIpc) is 2.73. The van der Waals surface area contributed by atoms with Gasteiger partial charge in [-0.25, -0.2) is 8.42 Å². The van der Waals surface area contributed by atoms with Crippen LogP contribution in [-0.4, -0.2) is 64.1 Å². The third kappa shape index (κ3) is 4.48. The molecular weight excluding hydrogens is 376 g/mol. The summed E-state index contributed by atoms with van der Waals surface area (Å²) >= 11 is 0. The largest absolute Gasteiger partial charge is 0.497 e. The van der Waals surface area contributed by atoms with Crippen LogP contribution >= 0.6 is 0 Å². The van der Waals surface area contributed by atoms with Gasteiger partial charge < -0.3 is 9.47 Å². The number of piperazine rings is 1. The Morgan fingerprint density at radius 3 is 2.43 bits per heavy atom. The van der Waals surface area contributed by atoms with Gasteiger partial charge in [0.2, 0.25) is 10.0 Å². The zero-order valence-corrected chi connectivity index (χ0v) is 17.5. The van der Waals surface area contributed by atoms with Crippen molar-refractivity contribution in [1.29, 1.82) is 0 Å². The van der Waals surface area contributed by atoms with Gasteiger partial charge in [0, 0.05) is 38.3 Å². The molecule has 0 N–H and O–H groups in total. The van der Waals surface area contributed by atoms with E-state index < -0.39 is 10.0 Å². The maximum atomic E-state index is 13.2. The van der Waals surface area contributed by atoms with Crippen LogP contribution in [0.4, 0.5) is 0 Å². The molecule has 152 valence electrons. The minimum absolute atomic E-state index is 0.142. The van der Waals surface area contributed by atoms with Gasteiger partial charge in [0.05, 0.1) is 14.2 Å². The lowest BCUT2D eigenvalue weighted by atomic mass is 10.1. The van der Waals surface area contributed by atoms with Crippen LogP contribution in [0.3, 0.4) is 0 Å². The van der Waals surface area contributed by atoms with Crippen LogP contribution < -0.4 is 9.47 Å². The van der Waals surface area contributed by atoms with E-state index in [9.17, 15) is 8.42 Å². The molecule has 0 saturated carbocycles. The first-order valence-electron chi connectivity index (χ1n) is 9.46.